The molecule has 0 radical (unpaired) electrons. The van der Waals surface area contributed by atoms with Crippen LogP contribution in [-0.2, 0) is 28.6 Å². The Morgan fingerprint density at radius 2 is 0.565 bits per heavy atom. The van der Waals surface area contributed by atoms with E-state index in [1.54, 1.807) is 0 Å². The number of hydrogen-bond acceptors (Lipinski definition) is 6. The zero-order chi connectivity index (χ0) is 50.0. The number of rotatable bonds is 51. The first-order valence-electron chi connectivity index (χ1n) is 28.7. The van der Waals surface area contributed by atoms with Gasteiger partial charge in [-0.05, 0) is 83.5 Å². The first-order chi connectivity index (χ1) is 34.0. The number of esters is 3. The van der Waals surface area contributed by atoms with Crippen LogP contribution in [0.4, 0.5) is 0 Å². The van der Waals surface area contributed by atoms with Gasteiger partial charge in [0.15, 0.2) is 6.10 Å². The molecule has 0 aliphatic carbocycles. The Kier molecular flexibility index (Phi) is 53.9. The van der Waals surface area contributed by atoms with Crippen LogP contribution < -0.4 is 0 Å². The lowest BCUT2D eigenvalue weighted by Gasteiger charge is -2.18. The predicted octanol–water partition coefficient (Wildman–Crippen LogP) is 19.3. The molecule has 0 aromatic carbocycles. The van der Waals surface area contributed by atoms with Crippen LogP contribution in [0, 0.1) is 0 Å². The maximum atomic E-state index is 12.8. The summed E-state index contributed by atoms with van der Waals surface area (Å²) in [6.07, 6.45) is 75.5. The standard InChI is InChI=1S/C63H106O6/c1-4-7-10-13-16-19-22-24-26-27-28-29-30-31-32-33-34-35-36-37-38-40-41-44-47-50-53-56-62(65)68-59-60(58-67-61(64)55-52-49-46-43-21-18-15-12-9-6-3)69-63(66)57-54-51-48-45-42-39-25-23-20-17-14-11-8-5-2/h7,10,16,19,24,26,28-29,31-32,34-35,37-38,41,44,60H,4-6,8-9,11-15,17-18,20-23,25,27,30,33,36,39-40,42-43,45-59H2,1-3H3/b10-7-,19-16-,26-24-,29-28-,32-31-,35-34-,38-37-,44-41-. The van der Waals surface area contributed by atoms with Gasteiger partial charge < -0.3 is 14.2 Å². The van der Waals surface area contributed by atoms with Crippen LogP contribution in [0.15, 0.2) is 97.2 Å². The van der Waals surface area contributed by atoms with Gasteiger partial charge in [-0.3, -0.25) is 14.4 Å². The lowest BCUT2D eigenvalue weighted by atomic mass is 10.0. The molecule has 0 fully saturated rings. The Morgan fingerprint density at radius 3 is 0.884 bits per heavy atom. The van der Waals surface area contributed by atoms with Gasteiger partial charge in [0, 0.05) is 19.3 Å². The molecule has 1 unspecified atom stereocenters. The molecule has 6 heteroatoms. The Hall–Kier alpha value is -3.67. The van der Waals surface area contributed by atoms with E-state index in [-0.39, 0.29) is 31.1 Å². The highest BCUT2D eigenvalue weighted by atomic mass is 16.6. The van der Waals surface area contributed by atoms with E-state index in [1.165, 1.54) is 116 Å². The number of hydrogen-bond donors (Lipinski definition) is 0. The monoisotopic (exact) mass is 959 g/mol. The molecule has 69 heavy (non-hydrogen) atoms. The normalized spacial score (nSPS) is 12.8. The second-order valence-electron chi connectivity index (χ2n) is 18.8. The van der Waals surface area contributed by atoms with Crippen molar-refractivity contribution in [3.05, 3.63) is 97.2 Å². The van der Waals surface area contributed by atoms with Crippen LogP contribution in [0.3, 0.4) is 0 Å². The third-order valence-electron chi connectivity index (χ3n) is 12.1. The predicted molar refractivity (Wildman–Crippen MR) is 297 cm³/mol. The van der Waals surface area contributed by atoms with E-state index in [4.69, 9.17) is 14.2 Å². The van der Waals surface area contributed by atoms with Gasteiger partial charge in [-0.25, -0.2) is 0 Å². The third kappa shape index (κ3) is 55.1. The lowest BCUT2D eigenvalue weighted by molar-refractivity contribution is -0.167. The molecule has 0 saturated heterocycles. The van der Waals surface area contributed by atoms with Crippen LogP contribution in [0.1, 0.15) is 265 Å². The number of carbonyl (C=O) groups is 3. The summed E-state index contributed by atoms with van der Waals surface area (Å²) in [6.45, 7) is 6.48. The van der Waals surface area contributed by atoms with Gasteiger partial charge >= 0.3 is 17.9 Å². The summed E-state index contributed by atoms with van der Waals surface area (Å²) in [5.41, 5.74) is 0. The molecule has 0 aliphatic heterocycles. The van der Waals surface area contributed by atoms with E-state index in [0.717, 1.165) is 109 Å². The number of allylic oxidation sites excluding steroid dienone is 16. The van der Waals surface area contributed by atoms with Gasteiger partial charge in [-0.1, -0.05) is 259 Å². The van der Waals surface area contributed by atoms with Gasteiger partial charge in [-0.2, -0.15) is 0 Å². The quantitative estimate of drug-likeness (QED) is 0.0262. The van der Waals surface area contributed by atoms with E-state index in [9.17, 15) is 14.4 Å². The summed E-state index contributed by atoms with van der Waals surface area (Å²) in [4.78, 5) is 38.0. The van der Waals surface area contributed by atoms with Gasteiger partial charge in [-0.15, -0.1) is 0 Å². The minimum Gasteiger partial charge on any atom is -0.462 e. The average molecular weight is 960 g/mol. The van der Waals surface area contributed by atoms with Crippen molar-refractivity contribution in [1.29, 1.82) is 0 Å². The summed E-state index contributed by atoms with van der Waals surface area (Å²) < 4.78 is 16.8. The number of unbranched alkanes of at least 4 members (excludes halogenated alkanes) is 24. The maximum absolute atomic E-state index is 12.8. The Labute approximate surface area is 426 Å². The van der Waals surface area contributed by atoms with Crippen LogP contribution in [0.5, 0.6) is 0 Å². The smallest absolute Gasteiger partial charge is 0.306 e. The van der Waals surface area contributed by atoms with E-state index >= 15 is 0 Å². The highest BCUT2D eigenvalue weighted by molar-refractivity contribution is 5.71. The van der Waals surface area contributed by atoms with Gasteiger partial charge in [0.2, 0.25) is 0 Å². The van der Waals surface area contributed by atoms with E-state index in [0.29, 0.717) is 19.3 Å². The van der Waals surface area contributed by atoms with Gasteiger partial charge in [0.05, 0.1) is 0 Å². The molecule has 1 atom stereocenters. The molecule has 6 nitrogen and oxygen atoms in total. The van der Waals surface area contributed by atoms with Crippen molar-refractivity contribution in [1.82, 2.24) is 0 Å². The summed E-state index contributed by atoms with van der Waals surface area (Å²) in [7, 11) is 0. The van der Waals surface area contributed by atoms with Crippen molar-refractivity contribution in [2.75, 3.05) is 13.2 Å². The third-order valence-corrected chi connectivity index (χ3v) is 12.1. The fourth-order valence-corrected chi connectivity index (χ4v) is 7.81. The van der Waals surface area contributed by atoms with Crippen LogP contribution in [-0.4, -0.2) is 37.2 Å². The largest absolute Gasteiger partial charge is 0.462 e. The zero-order valence-corrected chi connectivity index (χ0v) is 45.0. The molecule has 0 amide bonds. The van der Waals surface area contributed by atoms with E-state index < -0.39 is 6.10 Å². The van der Waals surface area contributed by atoms with Crippen molar-refractivity contribution in [2.45, 2.75) is 271 Å². The fraction of sp³-hybridized carbons (Fsp3) is 0.698. The Bertz CT molecular complexity index is 1380. The van der Waals surface area contributed by atoms with Crippen LogP contribution >= 0.6 is 0 Å². The van der Waals surface area contributed by atoms with Gasteiger partial charge in [0.25, 0.3) is 0 Å². The molecule has 0 spiro atoms. The van der Waals surface area contributed by atoms with Crippen LogP contribution in [0.25, 0.3) is 0 Å². The molecule has 0 N–H and O–H groups in total. The topological polar surface area (TPSA) is 78.9 Å². The van der Waals surface area contributed by atoms with Crippen molar-refractivity contribution < 1.29 is 28.6 Å². The second-order valence-corrected chi connectivity index (χ2v) is 18.8. The zero-order valence-electron chi connectivity index (χ0n) is 45.0. The summed E-state index contributed by atoms with van der Waals surface area (Å²) in [5, 5.41) is 0. The Morgan fingerprint density at radius 1 is 0.304 bits per heavy atom. The molecule has 0 aromatic rings. The fourth-order valence-electron chi connectivity index (χ4n) is 7.81. The van der Waals surface area contributed by atoms with E-state index in [2.05, 4.69) is 118 Å². The maximum Gasteiger partial charge on any atom is 0.306 e. The molecule has 0 rings (SSSR count). The summed E-state index contributed by atoms with van der Waals surface area (Å²) in [5.74, 6) is -0.931. The van der Waals surface area contributed by atoms with Crippen molar-refractivity contribution >= 4 is 17.9 Å². The Balaban J connectivity index is 4.35. The average Bonchev–Trinajstić information content (AvgIpc) is 3.35. The highest BCUT2D eigenvalue weighted by Gasteiger charge is 2.19. The molecule has 0 aliphatic rings. The van der Waals surface area contributed by atoms with Crippen molar-refractivity contribution in [3.8, 4) is 0 Å². The number of ether oxygens (including phenoxy) is 3. The molecule has 0 bridgehead atoms. The minimum atomic E-state index is -0.792. The molecule has 0 aromatic heterocycles. The first-order valence-corrected chi connectivity index (χ1v) is 28.7. The summed E-state index contributed by atoms with van der Waals surface area (Å²) in [6, 6.07) is 0. The van der Waals surface area contributed by atoms with E-state index in [1.807, 2.05) is 0 Å². The second kappa shape index (κ2) is 56.9. The molecule has 0 saturated carbocycles. The molecule has 0 heterocycles. The van der Waals surface area contributed by atoms with Crippen molar-refractivity contribution in [2.24, 2.45) is 0 Å². The minimum absolute atomic E-state index is 0.0883. The van der Waals surface area contributed by atoms with Crippen LogP contribution in [0.2, 0.25) is 0 Å². The number of carbonyl (C=O) groups excluding carboxylic acids is 3. The molecular formula is C63H106O6. The molecular weight excluding hydrogens is 853 g/mol. The van der Waals surface area contributed by atoms with Crippen molar-refractivity contribution in [3.63, 3.8) is 0 Å². The summed E-state index contributed by atoms with van der Waals surface area (Å²) >= 11 is 0. The lowest BCUT2D eigenvalue weighted by Crippen LogP contribution is -2.30. The molecule has 394 valence electrons. The SMILES string of the molecule is CC/C=C\C/C=C\C/C=C\C/C=C\C/C=C\C/C=C\C/C=C\C/C=C\CCCCC(=O)OCC(COC(=O)CCCCCCCCCCCC)OC(=O)CCCCCCCCCCCCCCCC. The first kappa shape index (κ1) is 65.3. The van der Waals surface area contributed by atoms with Gasteiger partial charge in [0.1, 0.15) is 13.2 Å². The highest BCUT2D eigenvalue weighted by Crippen LogP contribution is 2.15.